The highest BCUT2D eigenvalue weighted by atomic mass is 16.2. The van der Waals surface area contributed by atoms with Crippen molar-refractivity contribution in [2.24, 2.45) is 0 Å². The first-order valence-electron chi connectivity index (χ1n) is 10.6. The van der Waals surface area contributed by atoms with Crippen LogP contribution in [0.4, 0.5) is 5.82 Å². The number of carbonyl (C=O) groups excluding carboxylic acids is 1. The molecule has 2 aromatic heterocycles. The summed E-state index contributed by atoms with van der Waals surface area (Å²) in [6, 6.07) is 20.4. The summed E-state index contributed by atoms with van der Waals surface area (Å²) in [4.78, 5) is 34.0. The van der Waals surface area contributed by atoms with Crippen molar-refractivity contribution in [3.05, 3.63) is 94.4 Å². The molecule has 2 aromatic carbocycles. The van der Waals surface area contributed by atoms with Crippen molar-refractivity contribution in [3.8, 4) is 0 Å². The maximum atomic E-state index is 12.9. The zero-order valence-corrected chi connectivity index (χ0v) is 17.5. The van der Waals surface area contributed by atoms with Gasteiger partial charge >= 0.3 is 0 Å². The van der Waals surface area contributed by atoms with Gasteiger partial charge in [0.1, 0.15) is 11.3 Å². The minimum atomic E-state index is -0.179. The number of amides is 1. The van der Waals surface area contributed by atoms with E-state index >= 15 is 0 Å². The Morgan fingerprint density at radius 3 is 2.38 bits per heavy atom. The average molecular weight is 426 g/mol. The minimum absolute atomic E-state index is 0.0138. The van der Waals surface area contributed by atoms with Crippen LogP contribution in [-0.4, -0.2) is 57.0 Å². The number of piperazine rings is 1. The van der Waals surface area contributed by atoms with Crippen LogP contribution < -0.4 is 10.5 Å². The van der Waals surface area contributed by atoms with Crippen LogP contribution in [-0.2, 0) is 6.54 Å². The molecule has 1 aliphatic rings. The molecule has 3 heterocycles. The lowest BCUT2D eigenvalue weighted by atomic mass is 10.1. The molecular formula is C24H22N6O2. The number of rotatable bonds is 4. The molecule has 160 valence electrons. The molecule has 1 saturated heterocycles. The van der Waals surface area contributed by atoms with E-state index in [1.807, 2.05) is 59.5 Å². The summed E-state index contributed by atoms with van der Waals surface area (Å²) in [7, 11) is 0. The van der Waals surface area contributed by atoms with E-state index < -0.39 is 0 Å². The van der Waals surface area contributed by atoms with Crippen molar-refractivity contribution >= 4 is 22.6 Å². The summed E-state index contributed by atoms with van der Waals surface area (Å²) in [5.74, 6) is 0.955. The second-order valence-corrected chi connectivity index (χ2v) is 7.73. The molecule has 0 spiro atoms. The number of nitrogens with zero attached hydrogens (tertiary/aromatic N) is 6. The Balaban J connectivity index is 1.25. The number of fused-ring (bicyclic) bond motifs is 1. The standard InChI is InChI=1S/C24H22N6O2/c31-23(29-15-13-28(14-16-29)22-7-3-4-12-25-22)19-10-8-18(9-11-19)17-30-24(32)20-5-1-2-6-21(20)26-27-30/h1-12H,13-17H2. The van der Waals surface area contributed by atoms with Gasteiger partial charge in [-0.05, 0) is 42.0 Å². The quantitative estimate of drug-likeness (QED) is 0.497. The fourth-order valence-electron chi connectivity index (χ4n) is 3.91. The summed E-state index contributed by atoms with van der Waals surface area (Å²) in [6.45, 7) is 3.11. The molecule has 5 rings (SSSR count). The Bertz CT molecular complexity index is 1300. The average Bonchev–Trinajstić information content (AvgIpc) is 2.86. The van der Waals surface area contributed by atoms with E-state index in [0.29, 0.717) is 36.1 Å². The summed E-state index contributed by atoms with van der Waals surface area (Å²) < 4.78 is 1.34. The molecular weight excluding hydrogens is 404 g/mol. The summed E-state index contributed by atoms with van der Waals surface area (Å²) in [5.41, 5.74) is 1.92. The molecule has 0 radical (unpaired) electrons. The highest BCUT2D eigenvalue weighted by Gasteiger charge is 2.22. The molecule has 8 nitrogen and oxygen atoms in total. The number of carbonyl (C=O) groups is 1. The molecule has 0 unspecified atom stereocenters. The molecule has 0 N–H and O–H groups in total. The van der Waals surface area contributed by atoms with E-state index in [2.05, 4.69) is 20.2 Å². The van der Waals surface area contributed by atoms with Gasteiger partial charge in [0.15, 0.2) is 0 Å². The van der Waals surface area contributed by atoms with E-state index in [4.69, 9.17) is 0 Å². The largest absolute Gasteiger partial charge is 0.353 e. The van der Waals surface area contributed by atoms with Crippen LogP contribution in [0.1, 0.15) is 15.9 Å². The van der Waals surface area contributed by atoms with Crippen LogP contribution in [0.3, 0.4) is 0 Å². The molecule has 0 saturated carbocycles. The minimum Gasteiger partial charge on any atom is -0.353 e. The molecule has 32 heavy (non-hydrogen) atoms. The molecule has 0 aliphatic carbocycles. The SMILES string of the molecule is O=C(c1ccc(Cn2nnc3ccccc3c2=O)cc1)N1CCN(c2ccccn2)CC1. The van der Waals surface area contributed by atoms with Gasteiger partial charge in [-0.3, -0.25) is 9.59 Å². The van der Waals surface area contributed by atoms with Gasteiger partial charge in [-0.25, -0.2) is 9.67 Å². The molecule has 1 fully saturated rings. The maximum Gasteiger partial charge on any atom is 0.277 e. The zero-order valence-electron chi connectivity index (χ0n) is 17.5. The first kappa shape index (κ1) is 19.9. The van der Waals surface area contributed by atoms with Gasteiger partial charge in [0.25, 0.3) is 11.5 Å². The lowest BCUT2D eigenvalue weighted by Crippen LogP contribution is -2.49. The first-order valence-corrected chi connectivity index (χ1v) is 10.6. The Hall–Kier alpha value is -4.07. The Kier molecular flexibility index (Phi) is 5.33. The van der Waals surface area contributed by atoms with Gasteiger partial charge in [0.05, 0.1) is 11.9 Å². The summed E-state index contributed by atoms with van der Waals surface area (Å²) >= 11 is 0. The maximum absolute atomic E-state index is 12.9. The van der Waals surface area contributed by atoms with Crippen molar-refractivity contribution in [3.63, 3.8) is 0 Å². The van der Waals surface area contributed by atoms with Crippen LogP contribution in [0.5, 0.6) is 0 Å². The van der Waals surface area contributed by atoms with Crippen LogP contribution >= 0.6 is 0 Å². The number of pyridine rings is 1. The van der Waals surface area contributed by atoms with E-state index in [1.54, 1.807) is 18.3 Å². The monoisotopic (exact) mass is 426 g/mol. The lowest BCUT2D eigenvalue weighted by molar-refractivity contribution is 0.0746. The highest BCUT2D eigenvalue weighted by Crippen LogP contribution is 2.15. The Morgan fingerprint density at radius 2 is 1.62 bits per heavy atom. The predicted molar refractivity (Wildman–Crippen MR) is 122 cm³/mol. The van der Waals surface area contributed by atoms with Crippen LogP contribution in [0.2, 0.25) is 0 Å². The number of aromatic nitrogens is 4. The number of hydrogen-bond acceptors (Lipinski definition) is 6. The van der Waals surface area contributed by atoms with E-state index in [-0.39, 0.29) is 11.5 Å². The number of anilines is 1. The number of hydrogen-bond donors (Lipinski definition) is 0. The normalized spacial score (nSPS) is 14.0. The highest BCUT2D eigenvalue weighted by molar-refractivity contribution is 5.94. The second kappa shape index (κ2) is 8.58. The molecule has 1 aliphatic heterocycles. The third-order valence-corrected chi connectivity index (χ3v) is 5.70. The molecule has 1 amide bonds. The zero-order chi connectivity index (χ0) is 21.9. The fraction of sp³-hybridized carbons (Fsp3) is 0.208. The smallest absolute Gasteiger partial charge is 0.277 e. The number of benzene rings is 2. The van der Waals surface area contributed by atoms with Crippen molar-refractivity contribution in [2.45, 2.75) is 6.54 Å². The van der Waals surface area contributed by atoms with E-state index in [1.165, 1.54) is 4.68 Å². The third-order valence-electron chi connectivity index (χ3n) is 5.70. The van der Waals surface area contributed by atoms with Crippen LogP contribution in [0, 0.1) is 0 Å². The topological polar surface area (TPSA) is 84.2 Å². The van der Waals surface area contributed by atoms with Gasteiger partial charge in [-0.1, -0.05) is 35.5 Å². The third kappa shape index (κ3) is 3.94. The fourth-order valence-corrected chi connectivity index (χ4v) is 3.91. The van der Waals surface area contributed by atoms with Crippen molar-refractivity contribution in [1.82, 2.24) is 24.9 Å². The molecule has 8 heteroatoms. The lowest BCUT2D eigenvalue weighted by Gasteiger charge is -2.35. The van der Waals surface area contributed by atoms with Crippen LogP contribution in [0.25, 0.3) is 10.9 Å². The van der Waals surface area contributed by atoms with E-state index in [0.717, 1.165) is 24.5 Å². The molecule has 0 atom stereocenters. The van der Waals surface area contributed by atoms with Crippen LogP contribution in [0.15, 0.2) is 77.7 Å². The Labute approximate surface area is 184 Å². The van der Waals surface area contributed by atoms with Crippen molar-refractivity contribution < 1.29 is 4.79 Å². The van der Waals surface area contributed by atoms with Gasteiger partial charge < -0.3 is 9.80 Å². The molecule has 4 aromatic rings. The predicted octanol–water partition coefficient (Wildman–Crippen LogP) is 2.20. The second-order valence-electron chi connectivity index (χ2n) is 7.73. The van der Waals surface area contributed by atoms with Gasteiger partial charge in [0, 0.05) is 37.9 Å². The molecule has 0 bridgehead atoms. The van der Waals surface area contributed by atoms with Gasteiger partial charge in [-0.15, -0.1) is 5.10 Å². The van der Waals surface area contributed by atoms with Crippen molar-refractivity contribution in [2.75, 3.05) is 31.1 Å². The van der Waals surface area contributed by atoms with E-state index in [9.17, 15) is 9.59 Å². The summed E-state index contributed by atoms with van der Waals surface area (Å²) in [6.07, 6.45) is 1.78. The van der Waals surface area contributed by atoms with Crippen molar-refractivity contribution in [1.29, 1.82) is 0 Å². The van der Waals surface area contributed by atoms with Gasteiger partial charge in [0.2, 0.25) is 0 Å². The first-order chi connectivity index (χ1) is 15.7. The Morgan fingerprint density at radius 1 is 0.875 bits per heavy atom. The van der Waals surface area contributed by atoms with Gasteiger partial charge in [-0.2, -0.15) is 0 Å². The summed E-state index contributed by atoms with van der Waals surface area (Å²) in [5, 5.41) is 8.69.